The van der Waals surface area contributed by atoms with E-state index in [1.165, 1.54) is 6.07 Å². The Bertz CT molecular complexity index is 359. The van der Waals surface area contributed by atoms with Crippen molar-refractivity contribution in [1.29, 1.82) is 0 Å². The Morgan fingerprint density at radius 2 is 2.33 bits per heavy atom. The molecule has 0 radical (unpaired) electrons. The van der Waals surface area contributed by atoms with Gasteiger partial charge < -0.3 is 10.4 Å². The number of aryl methyl sites for hydroxylation is 1. The first-order chi connectivity index (χ1) is 7.22. The second-order valence-electron chi connectivity index (χ2n) is 4.06. The van der Waals surface area contributed by atoms with Gasteiger partial charge in [0.1, 0.15) is 0 Å². The first-order valence-corrected chi connectivity index (χ1v) is 5.44. The Kier molecular flexibility index (Phi) is 2.91. The maximum absolute atomic E-state index is 13.4. The van der Waals surface area contributed by atoms with Crippen LogP contribution in [0.5, 0.6) is 5.75 Å². The molecular weight excluding hydrogens is 193 g/mol. The molecule has 2 rings (SSSR count). The standard InChI is InChI=1S/C12H16FNO/c1-2-8-5-10(9-3-4-14-7-9)12(15)11(13)6-8/h5-6,9,14-15H,2-4,7H2,1H3. The van der Waals surface area contributed by atoms with Crippen molar-refractivity contribution >= 4 is 0 Å². The summed E-state index contributed by atoms with van der Waals surface area (Å²) in [5, 5.41) is 12.9. The molecule has 15 heavy (non-hydrogen) atoms. The molecule has 2 nitrogen and oxygen atoms in total. The van der Waals surface area contributed by atoms with Gasteiger partial charge in [-0.1, -0.05) is 13.0 Å². The predicted octanol–water partition coefficient (Wildman–Crippen LogP) is 2.17. The zero-order chi connectivity index (χ0) is 10.8. The normalized spacial score (nSPS) is 20.8. The van der Waals surface area contributed by atoms with Crippen LogP contribution in [0.4, 0.5) is 4.39 Å². The lowest BCUT2D eigenvalue weighted by Crippen LogP contribution is -2.08. The van der Waals surface area contributed by atoms with Crippen LogP contribution in [0.1, 0.15) is 30.4 Å². The summed E-state index contributed by atoms with van der Waals surface area (Å²) in [7, 11) is 0. The van der Waals surface area contributed by atoms with Crippen LogP contribution in [0, 0.1) is 5.82 Å². The topological polar surface area (TPSA) is 32.3 Å². The number of nitrogens with one attached hydrogen (secondary N) is 1. The van der Waals surface area contributed by atoms with Crippen LogP contribution in [-0.2, 0) is 6.42 Å². The average Bonchev–Trinajstić information content (AvgIpc) is 2.75. The van der Waals surface area contributed by atoms with Gasteiger partial charge in [-0.05, 0) is 31.0 Å². The minimum absolute atomic E-state index is 0.166. The van der Waals surface area contributed by atoms with Gasteiger partial charge in [0.25, 0.3) is 0 Å². The summed E-state index contributed by atoms with van der Waals surface area (Å²) < 4.78 is 13.4. The summed E-state index contributed by atoms with van der Waals surface area (Å²) in [5.41, 5.74) is 1.71. The molecule has 1 aromatic rings. The first kappa shape index (κ1) is 10.4. The van der Waals surface area contributed by atoms with Gasteiger partial charge in [-0.2, -0.15) is 0 Å². The highest BCUT2D eigenvalue weighted by Gasteiger charge is 2.21. The second-order valence-corrected chi connectivity index (χ2v) is 4.06. The van der Waals surface area contributed by atoms with Crippen molar-refractivity contribution in [3.63, 3.8) is 0 Å². The molecule has 0 spiro atoms. The summed E-state index contributed by atoms with van der Waals surface area (Å²) in [4.78, 5) is 0. The zero-order valence-corrected chi connectivity index (χ0v) is 8.89. The number of rotatable bonds is 2. The van der Waals surface area contributed by atoms with Gasteiger partial charge in [0.2, 0.25) is 0 Å². The molecule has 1 aliphatic rings. The molecule has 3 heteroatoms. The SMILES string of the molecule is CCc1cc(F)c(O)c(C2CCNC2)c1. The molecule has 1 atom stereocenters. The molecular formula is C12H16FNO. The monoisotopic (exact) mass is 209 g/mol. The fraction of sp³-hybridized carbons (Fsp3) is 0.500. The highest BCUT2D eigenvalue weighted by Crippen LogP contribution is 2.33. The maximum atomic E-state index is 13.4. The fourth-order valence-electron chi connectivity index (χ4n) is 2.11. The molecule has 1 fully saturated rings. The average molecular weight is 209 g/mol. The van der Waals surface area contributed by atoms with Crippen molar-refractivity contribution < 1.29 is 9.50 Å². The molecule has 0 aliphatic carbocycles. The van der Waals surface area contributed by atoms with E-state index in [9.17, 15) is 9.50 Å². The first-order valence-electron chi connectivity index (χ1n) is 5.44. The molecule has 1 saturated heterocycles. The van der Waals surface area contributed by atoms with E-state index in [1.807, 2.05) is 13.0 Å². The van der Waals surface area contributed by atoms with E-state index in [4.69, 9.17) is 0 Å². The number of phenolic OH excluding ortho intramolecular Hbond substituents is 1. The number of hydrogen-bond donors (Lipinski definition) is 2. The largest absolute Gasteiger partial charge is 0.505 e. The van der Waals surface area contributed by atoms with Crippen LogP contribution >= 0.6 is 0 Å². The van der Waals surface area contributed by atoms with Crippen LogP contribution < -0.4 is 5.32 Å². The van der Waals surface area contributed by atoms with E-state index in [0.717, 1.165) is 37.1 Å². The van der Waals surface area contributed by atoms with Gasteiger partial charge in [-0.25, -0.2) is 4.39 Å². The van der Waals surface area contributed by atoms with E-state index in [0.29, 0.717) is 0 Å². The molecule has 0 bridgehead atoms. The van der Waals surface area contributed by atoms with E-state index < -0.39 is 5.82 Å². The third-order valence-electron chi connectivity index (χ3n) is 3.06. The van der Waals surface area contributed by atoms with E-state index in [-0.39, 0.29) is 11.7 Å². The third-order valence-corrected chi connectivity index (χ3v) is 3.06. The Morgan fingerprint density at radius 1 is 1.53 bits per heavy atom. The zero-order valence-electron chi connectivity index (χ0n) is 8.89. The quantitative estimate of drug-likeness (QED) is 0.782. The fourth-order valence-corrected chi connectivity index (χ4v) is 2.11. The van der Waals surface area contributed by atoms with E-state index in [2.05, 4.69) is 5.32 Å². The molecule has 2 N–H and O–H groups in total. The number of aromatic hydroxyl groups is 1. The van der Waals surface area contributed by atoms with E-state index in [1.54, 1.807) is 0 Å². The number of phenols is 1. The number of benzene rings is 1. The molecule has 0 aromatic heterocycles. The summed E-state index contributed by atoms with van der Waals surface area (Å²) in [5.74, 6) is -0.400. The minimum Gasteiger partial charge on any atom is -0.505 e. The van der Waals surface area contributed by atoms with Crippen molar-refractivity contribution in [2.75, 3.05) is 13.1 Å². The molecule has 1 unspecified atom stereocenters. The van der Waals surface area contributed by atoms with Crippen LogP contribution in [0.15, 0.2) is 12.1 Å². The van der Waals surface area contributed by atoms with Gasteiger partial charge in [0.05, 0.1) is 0 Å². The van der Waals surface area contributed by atoms with Crippen LogP contribution in [0.2, 0.25) is 0 Å². The van der Waals surface area contributed by atoms with Crippen molar-refractivity contribution in [2.24, 2.45) is 0 Å². The van der Waals surface area contributed by atoms with E-state index >= 15 is 0 Å². The maximum Gasteiger partial charge on any atom is 0.165 e. The van der Waals surface area contributed by atoms with Crippen LogP contribution in [0.25, 0.3) is 0 Å². The lowest BCUT2D eigenvalue weighted by molar-refractivity contribution is 0.421. The molecule has 1 aliphatic heterocycles. The highest BCUT2D eigenvalue weighted by molar-refractivity contribution is 5.40. The number of halogens is 1. The van der Waals surface area contributed by atoms with Gasteiger partial charge in [0, 0.05) is 18.0 Å². The Morgan fingerprint density at radius 3 is 2.93 bits per heavy atom. The summed E-state index contributed by atoms with van der Waals surface area (Å²) in [6.07, 6.45) is 1.77. The number of hydrogen-bond acceptors (Lipinski definition) is 2. The molecule has 82 valence electrons. The molecule has 1 heterocycles. The predicted molar refractivity (Wildman–Crippen MR) is 57.7 cm³/mol. The third kappa shape index (κ3) is 1.97. The van der Waals surface area contributed by atoms with Crippen molar-refractivity contribution in [1.82, 2.24) is 5.32 Å². The van der Waals surface area contributed by atoms with Gasteiger partial charge >= 0.3 is 0 Å². The van der Waals surface area contributed by atoms with Crippen molar-refractivity contribution in [3.8, 4) is 5.75 Å². The van der Waals surface area contributed by atoms with Gasteiger partial charge in [0.15, 0.2) is 11.6 Å². The summed E-state index contributed by atoms with van der Waals surface area (Å²) >= 11 is 0. The smallest absolute Gasteiger partial charge is 0.165 e. The van der Waals surface area contributed by atoms with Crippen LogP contribution in [0.3, 0.4) is 0 Å². The summed E-state index contributed by atoms with van der Waals surface area (Å²) in [6.45, 7) is 3.77. The van der Waals surface area contributed by atoms with Crippen LogP contribution in [-0.4, -0.2) is 18.2 Å². The Balaban J connectivity index is 2.39. The second kappa shape index (κ2) is 4.19. The summed E-state index contributed by atoms with van der Waals surface area (Å²) in [6, 6.07) is 3.34. The van der Waals surface area contributed by atoms with Crippen molar-refractivity contribution in [3.05, 3.63) is 29.1 Å². The van der Waals surface area contributed by atoms with Gasteiger partial charge in [-0.15, -0.1) is 0 Å². The lowest BCUT2D eigenvalue weighted by Gasteiger charge is -2.13. The Hall–Kier alpha value is -1.09. The Labute approximate surface area is 89.1 Å². The molecule has 0 saturated carbocycles. The molecule has 1 aromatic carbocycles. The molecule has 0 amide bonds. The minimum atomic E-state index is -0.490. The lowest BCUT2D eigenvalue weighted by atomic mass is 9.94. The highest BCUT2D eigenvalue weighted by atomic mass is 19.1. The van der Waals surface area contributed by atoms with Crippen molar-refractivity contribution in [2.45, 2.75) is 25.7 Å². The van der Waals surface area contributed by atoms with Gasteiger partial charge in [-0.3, -0.25) is 0 Å².